The average Bonchev–Trinajstić information content (AvgIpc) is 2.98. The molecule has 3 unspecified atom stereocenters. The maximum atomic E-state index is 12.1. The van der Waals surface area contributed by atoms with Crippen LogP contribution < -0.4 is 5.32 Å². The number of carboxylic acids is 1. The van der Waals surface area contributed by atoms with Crippen molar-refractivity contribution in [3.63, 3.8) is 0 Å². The first-order valence-electron chi connectivity index (χ1n) is 8.00. The fourth-order valence-electron chi connectivity index (χ4n) is 2.80. The van der Waals surface area contributed by atoms with Gasteiger partial charge < -0.3 is 19.7 Å². The van der Waals surface area contributed by atoms with Gasteiger partial charge in [0.25, 0.3) is 0 Å². The molecule has 2 rings (SSSR count). The lowest BCUT2D eigenvalue weighted by Crippen LogP contribution is -2.48. The summed E-state index contributed by atoms with van der Waals surface area (Å²) >= 11 is 0. The lowest BCUT2D eigenvalue weighted by molar-refractivity contribution is -0.148. The number of hydrogen-bond donors (Lipinski definition) is 3. The molecule has 1 heterocycles. The Morgan fingerprint density at radius 2 is 2.04 bits per heavy atom. The van der Waals surface area contributed by atoms with Gasteiger partial charge in [-0.05, 0) is 19.3 Å². The van der Waals surface area contributed by atoms with E-state index >= 15 is 0 Å². The molecule has 3 atom stereocenters. The van der Waals surface area contributed by atoms with E-state index in [1.807, 2.05) is 30.3 Å². The first kappa shape index (κ1) is 18.4. The molecule has 1 aromatic carbocycles. The molecule has 7 nitrogen and oxygen atoms in total. The van der Waals surface area contributed by atoms with Crippen LogP contribution in [0.4, 0.5) is 0 Å². The zero-order valence-electron chi connectivity index (χ0n) is 13.9. The van der Waals surface area contributed by atoms with Gasteiger partial charge in [0, 0.05) is 19.1 Å². The van der Waals surface area contributed by atoms with Crippen molar-refractivity contribution in [2.45, 2.75) is 32.4 Å². The van der Waals surface area contributed by atoms with Crippen LogP contribution in [0.15, 0.2) is 30.3 Å². The average molecular weight is 334 g/mol. The Kier molecular flexibility index (Phi) is 6.36. The fraction of sp³-hybridized carbons (Fsp3) is 0.500. The molecule has 8 heteroatoms. The molecule has 24 heavy (non-hydrogen) atoms. The second-order valence-corrected chi connectivity index (χ2v) is 6.12. The van der Waals surface area contributed by atoms with Crippen molar-refractivity contribution >= 4 is 19.0 Å². The second kappa shape index (κ2) is 8.28. The number of carbonyl (C=O) groups excluding carboxylic acids is 1. The number of nitrogens with zero attached hydrogens (tertiary/aromatic N) is 1. The van der Waals surface area contributed by atoms with Crippen molar-refractivity contribution in [1.82, 2.24) is 10.1 Å². The maximum Gasteiger partial charge on any atom is 0.376 e. The zero-order chi connectivity index (χ0) is 17.7. The normalized spacial score (nSPS) is 22.1. The van der Waals surface area contributed by atoms with Gasteiger partial charge in [-0.3, -0.25) is 14.9 Å². The Labute approximate surface area is 141 Å². The van der Waals surface area contributed by atoms with Gasteiger partial charge in [0.15, 0.2) is 0 Å². The van der Waals surface area contributed by atoms with Crippen molar-refractivity contribution in [1.29, 1.82) is 0 Å². The molecule has 130 valence electrons. The number of carbonyl (C=O) groups is 2. The van der Waals surface area contributed by atoms with Crippen LogP contribution in [0, 0.1) is 5.92 Å². The molecule has 0 spiro atoms. The number of esters is 1. The third-order valence-corrected chi connectivity index (χ3v) is 4.24. The summed E-state index contributed by atoms with van der Waals surface area (Å²) in [6, 6.07) is 8.30. The van der Waals surface area contributed by atoms with Gasteiger partial charge in [0.1, 0.15) is 12.6 Å². The third kappa shape index (κ3) is 4.80. The smallest absolute Gasteiger partial charge is 0.376 e. The molecule has 1 saturated heterocycles. The summed E-state index contributed by atoms with van der Waals surface area (Å²) < 4.78 is 5.26. The van der Waals surface area contributed by atoms with Crippen LogP contribution in [-0.4, -0.2) is 59.1 Å². The fourth-order valence-corrected chi connectivity index (χ4v) is 2.80. The Hall–Kier alpha value is -1.90. The minimum absolute atomic E-state index is 0.179. The third-order valence-electron chi connectivity index (χ3n) is 4.24. The molecule has 0 bridgehead atoms. The number of hydrogen-bond acceptors (Lipinski definition) is 6. The molecule has 1 aliphatic heterocycles. The molecule has 3 N–H and O–H groups in total. The molecular weight excluding hydrogens is 311 g/mol. The van der Waals surface area contributed by atoms with Gasteiger partial charge in [-0.1, -0.05) is 30.3 Å². The molecule has 1 aliphatic rings. The van der Waals surface area contributed by atoms with E-state index in [0.717, 1.165) is 5.56 Å². The number of ether oxygens (including phenoxy) is 1. The lowest BCUT2D eigenvalue weighted by atomic mass is 9.86. The number of aliphatic carboxylic acids is 1. The molecule has 0 aromatic heterocycles. The first-order valence-corrected chi connectivity index (χ1v) is 8.00. The molecule has 0 saturated carbocycles. The number of rotatable bonds is 7. The molecule has 1 aromatic rings. The van der Waals surface area contributed by atoms with E-state index in [4.69, 9.17) is 4.74 Å². The van der Waals surface area contributed by atoms with Crippen LogP contribution in [0.3, 0.4) is 0 Å². The van der Waals surface area contributed by atoms with Crippen molar-refractivity contribution in [3.05, 3.63) is 35.9 Å². The summed E-state index contributed by atoms with van der Waals surface area (Å²) in [6.45, 7) is 4.04. The molecule has 0 radical (unpaired) electrons. The minimum atomic E-state index is -0.944. The number of nitrogens with one attached hydrogen (secondary N) is 1. The molecular formula is C16H23BN2O5. The first-order chi connectivity index (χ1) is 11.4. The van der Waals surface area contributed by atoms with Crippen LogP contribution in [-0.2, 0) is 20.9 Å². The summed E-state index contributed by atoms with van der Waals surface area (Å²) in [5, 5.41) is 22.0. The van der Waals surface area contributed by atoms with Gasteiger partial charge in [-0.15, -0.1) is 0 Å². The van der Waals surface area contributed by atoms with Gasteiger partial charge in [-0.25, -0.2) is 0 Å². The molecule has 1 fully saturated rings. The van der Waals surface area contributed by atoms with Gasteiger partial charge in [-0.2, -0.15) is 0 Å². The van der Waals surface area contributed by atoms with Crippen LogP contribution in [0.25, 0.3) is 0 Å². The quantitative estimate of drug-likeness (QED) is 0.484. The summed E-state index contributed by atoms with van der Waals surface area (Å²) in [7, 11) is -0.723. The zero-order valence-corrected chi connectivity index (χ0v) is 13.9. The SMILES string of the molecule is CB(O)N1CC(NC(C)C(=O)OCc2ccccc2)C(C(=O)O)C1. The lowest BCUT2D eigenvalue weighted by Gasteiger charge is -2.21. The highest BCUT2D eigenvalue weighted by Crippen LogP contribution is 2.19. The Bertz CT molecular complexity index is 569. The summed E-state index contributed by atoms with van der Waals surface area (Å²) in [6.07, 6.45) is 0. The maximum absolute atomic E-state index is 12.1. The van der Waals surface area contributed by atoms with E-state index < -0.39 is 37.0 Å². The Balaban J connectivity index is 1.88. The predicted octanol–water partition coefficient (Wildman–Crippen LogP) is 0.203. The Morgan fingerprint density at radius 3 is 2.62 bits per heavy atom. The van der Waals surface area contributed by atoms with Crippen molar-refractivity contribution in [3.8, 4) is 0 Å². The number of benzene rings is 1. The monoisotopic (exact) mass is 334 g/mol. The topological polar surface area (TPSA) is 99.1 Å². The van der Waals surface area contributed by atoms with Crippen molar-refractivity contribution in [2.75, 3.05) is 13.1 Å². The summed E-state index contributed by atoms with van der Waals surface area (Å²) in [4.78, 5) is 25.1. The van der Waals surface area contributed by atoms with E-state index in [1.54, 1.807) is 18.6 Å². The summed E-state index contributed by atoms with van der Waals surface area (Å²) in [5.74, 6) is -2.05. The predicted molar refractivity (Wildman–Crippen MR) is 89.2 cm³/mol. The van der Waals surface area contributed by atoms with E-state index in [1.165, 1.54) is 0 Å². The summed E-state index contributed by atoms with van der Waals surface area (Å²) in [5.41, 5.74) is 0.891. The van der Waals surface area contributed by atoms with Crippen LogP contribution in [0.2, 0.25) is 6.82 Å². The van der Waals surface area contributed by atoms with Crippen molar-refractivity contribution in [2.24, 2.45) is 5.92 Å². The van der Waals surface area contributed by atoms with Gasteiger partial charge in [0.2, 0.25) is 0 Å². The highest BCUT2D eigenvalue weighted by molar-refractivity contribution is 6.45. The highest BCUT2D eigenvalue weighted by atomic mass is 16.5. The molecule has 0 aliphatic carbocycles. The second-order valence-electron chi connectivity index (χ2n) is 6.12. The van der Waals surface area contributed by atoms with Crippen LogP contribution >= 0.6 is 0 Å². The van der Waals surface area contributed by atoms with Crippen molar-refractivity contribution < 1.29 is 24.5 Å². The van der Waals surface area contributed by atoms with E-state index in [-0.39, 0.29) is 13.2 Å². The highest BCUT2D eigenvalue weighted by Gasteiger charge is 2.41. The van der Waals surface area contributed by atoms with Gasteiger partial charge in [0.05, 0.1) is 5.92 Å². The van der Waals surface area contributed by atoms with E-state index in [0.29, 0.717) is 6.54 Å². The number of carboxylic acid groups (broad SMARTS) is 1. The molecule has 0 amide bonds. The minimum Gasteiger partial charge on any atom is -0.481 e. The van der Waals surface area contributed by atoms with Gasteiger partial charge >= 0.3 is 19.0 Å². The van der Waals surface area contributed by atoms with Crippen LogP contribution in [0.1, 0.15) is 12.5 Å². The van der Waals surface area contributed by atoms with E-state index in [2.05, 4.69) is 5.32 Å². The Morgan fingerprint density at radius 1 is 1.38 bits per heavy atom. The van der Waals surface area contributed by atoms with Crippen LogP contribution in [0.5, 0.6) is 0 Å². The largest absolute Gasteiger partial charge is 0.481 e. The standard InChI is InChI=1S/C16H23BN2O5/c1-11(16(22)24-10-12-6-4-3-5-7-12)18-14-9-19(17(2)23)8-13(14)15(20)21/h3-7,11,13-14,18,23H,8-10H2,1-2H3,(H,20,21). The van der Waals surface area contributed by atoms with E-state index in [9.17, 15) is 19.7 Å².